The van der Waals surface area contributed by atoms with Crippen molar-refractivity contribution in [3.05, 3.63) is 21.9 Å². The molecular weight excluding hydrogens is 158 g/mol. The predicted octanol–water partition coefficient (Wildman–Crippen LogP) is 1.72. The number of carbonyl (C=O) groups excluding carboxylic acids is 1. The standard InChI is InChI=1S/C8H9NOS/c9-8(10)7-3-6(4-11-7)5-1-2-5/h3-5H,1-2H2,(H2,9,10). The Morgan fingerprint density at radius 3 is 2.82 bits per heavy atom. The van der Waals surface area contributed by atoms with Gasteiger partial charge in [0.15, 0.2) is 0 Å². The third kappa shape index (κ3) is 1.28. The Labute approximate surface area is 69.0 Å². The van der Waals surface area contributed by atoms with Crippen molar-refractivity contribution < 1.29 is 4.79 Å². The first-order valence-electron chi connectivity index (χ1n) is 3.65. The molecule has 11 heavy (non-hydrogen) atoms. The third-order valence-corrected chi connectivity index (χ3v) is 2.87. The summed E-state index contributed by atoms with van der Waals surface area (Å²) < 4.78 is 0. The van der Waals surface area contributed by atoms with E-state index < -0.39 is 0 Å². The van der Waals surface area contributed by atoms with E-state index in [0.29, 0.717) is 4.88 Å². The molecule has 0 atom stereocenters. The zero-order chi connectivity index (χ0) is 7.84. The average molecular weight is 167 g/mol. The summed E-state index contributed by atoms with van der Waals surface area (Å²) in [6.45, 7) is 0. The lowest BCUT2D eigenvalue weighted by atomic mass is 10.2. The first kappa shape index (κ1) is 6.85. The van der Waals surface area contributed by atoms with Gasteiger partial charge in [0.25, 0.3) is 5.91 Å². The Morgan fingerprint density at radius 2 is 2.36 bits per heavy atom. The van der Waals surface area contributed by atoms with Crippen LogP contribution in [0.5, 0.6) is 0 Å². The number of carbonyl (C=O) groups is 1. The molecule has 1 aliphatic rings. The molecule has 0 aromatic carbocycles. The fraction of sp³-hybridized carbons (Fsp3) is 0.375. The van der Waals surface area contributed by atoms with Crippen LogP contribution in [0.25, 0.3) is 0 Å². The van der Waals surface area contributed by atoms with E-state index in [-0.39, 0.29) is 5.91 Å². The van der Waals surface area contributed by atoms with E-state index in [9.17, 15) is 4.79 Å². The molecule has 2 N–H and O–H groups in total. The van der Waals surface area contributed by atoms with Crippen LogP contribution >= 0.6 is 11.3 Å². The number of primary amides is 1. The summed E-state index contributed by atoms with van der Waals surface area (Å²) in [6, 6.07) is 1.92. The number of hydrogen-bond donors (Lipinski definition) is 1. The van der Waals surface area contributed by atoms with Crippen LogP contribution < -0.4 is 5.73 Å². The average Bonchev–Trinajstić information content (AvgIpc) is 2.68. The minimum absolute atomic E-state index is 0.304. The Bertz CT molecular complexity index is 288. The van der Waals surface area contributed by atoms with E-state index in [4.69, 9.17) is 5.73 Å². The molecule has 2 rings (SSSR count). The summed E-state index contributed by atoms with van der Waals surface area (Å²) in [5.41, 5.74) is 6.41. The number of thiophene rings is 1. The highest BCUT2D eigenvalue weighted by Gasteiger charge is 2.24. The van der Waals surface area contributed by atoms with Crippen molar-refractivity contribution >= 4 is 17.2 Å². The maximum Gasteiger partial charge on any atom is 0.258 e. The lowest BCUT2D eigenvalue weighted by Crippen LogP contribution is -2.08. The van der Waals surface area contributed by atoms with E-state index in [1.54, 1.807) is 0 Å². The SMILES string of the molecule is NC(=O)c1cc(C2CC2)cs1. The monoisotopic (exact) mass is 167 g/mol. The van der Waals surface area contributed by atoms with Crippen molar-refractivity contribution in [3.8, 4) is 0 Å². The van der Waals surface area contributed by atoms with Gasteiger partial charge in [-0.1, -0.05) is 0 Å². The van der Waals surface area contributed by atoms with Crippen molar-refractivity contribution in [2.24, 2.45) is 5.73 Å². The minimum Gasteiger partial charge on any atom is -0.365 e. The summed E-state index contributed by atoms with van der Waals surface area (Å²) in [6.07, 6.45) is 2.55. The summed E-state index contributed by atoms with van der Waals surface area (Å²) in [5, 5.41) is 2.04. The van der Waals surface area contributed by atoms with Crippen molar-refractivity contribution in [2.45, 2.75) is 18.8 Å². The molecule has 3 heteroatoms. The first-order valence-corrected chi connectivity index (χ1v) is 4.53. The smallest absolute Gasteiger partial charge is 0.258 e. The largest absolute Gasteiger partial charge is 0.365 e. The number of amides is 1. The Hall–Kier alpha value is -0.830. The van der Waals surface area contributed by atoms with Crippen LogP contribution in [0.4, 0.5) is 0 Å². The second kappa shape index (κ2) is 2.34. The van der Waals surface area contributed by atoms with Gasteiger partial charge in [-0.05, 0) is 35.8 Å². The molecule has 1 aliphatic carbocycles. The highest BCUT2D eigenvalue weighted by Crippen LogP contribution is 2.41. The molecule has 1 saturated carbocycles. The van der Waals surface area contributed by atoms with E-state index >= 15 is 0 Å². The van der Waals surface area contributed by atoms with Crippen LogP contribution in [0.3, 0.4) is 0 Å². The molecule has 1 fully saturated rings. The Kier molecular flexibility index (Phi) is 1.46. The Morgan fingerprint density at radius 1 is 1.64 bits per heavy atom. The maximum atomic E-state index is 10.7. The van der Waals surface area contributed by atoms with Gasteiger partial charge in [0.2, 0.25) is 0 Å². The lowest BCUT2D eigenvalue weighted by Gasteiger charge is -1.85. The van der Waals surface area contributed by atoms with Crippen molar-refractivity contribution in [2.75, 3.05) is 0 Å². The molecule has 2 nitrogen and oxygen atoms in total. The fourth-order valence-electron chi connectivity index (χ4n) is 1.11. The lowest BCUT2D eigenvalue weighted by molar-refractivity contribution is 0.100. The normalized spacial score (nSPS) is 16.7. The van der Waals surface area contributed by atoms with Crippen LogP contribution in [0.1, 0.15) is 34.0 Å². The van der Waals surface area contributed by atoms with Crippen molar-refractivity contribution in [1.29, 1.82) is 0 Å². The summed E-state index contributed by atoms with van der Waals surface area (Å²) >= 11 is 1.45. The first-order chi connectivity index (χ1) is 5.27. The topological polar surface area (TPSA) is 43.1 Å². The van der Waals surface area contributed by atoms with E-state index in [1.165, 1.54) is 29.7 Å². The van der Waals surface area contributed by atoms with Crippen LogP contribution in [0.15, 0.2) is 11.4 Å². The van der Waals surface area contributed by atoms with Crippen LogP contribution in [0.2, 0.25) is 0 Å². The zero-order valence-corrected chi connectivity index (χ0v) is 6.86. The second-order valence-electron chi connectivity index (χ2n) is 2.88. The van der Waals surface area contributed by atoms with Gasteiger partial charge in [0, 0.05) is 0 Å². The fourth-order valence-corrected chi connectivity index (χ4v) is 1.95. The van der Waals surface area contributed by atoms with Gasteiger partial charge in [-0.3, -0.25) is 4.79 Å². The van der Waals surface area contributed by atoms with Crippen LogP contribution in [0, 0.1) is 0 Å². The zero-order valence-electron chi connectivity index (χ0n) is 6.04. The number of hydrogen-bond acceptors (Lipinski definition) is 2. The molecule has 0 bridgehead atoms. The third-order valence-electron chi connectivity index (χ3n) is 1.91. The maximum absolute atomic E-state index is 10.7. The van der Waals surface area contributed by atoms with E-state index in [0.717, 1.165) is 5.92 Å². The van der Waals surface area contributed by atoms with Crippen LogP contribution in [-0.4, -0.2) is 5.91 Å². The minimum atomic E-state index is -0.304. The molecule has 1 heterocycles. The van der Waals surface area contributed by atoms with Crippen LogP contribution in [-0.2, 0) is 0 Å². The molecule has 0 radical (unpaired) electrons. The van der Waals surface area contributed by atoms with Crippen molar-refractivity contribution in [1.82, 2.24) is 0 Å². The molecular formula is C8H9NOS. The molecule has 0 aliphatic heterocycles. The summed E-state index contributed by atoms with van der Waals surface area (Å²) in [7, 11) is 0. The molecule has 0 unspecified atom stereocenters. The Balaban J connectivity index is 2.25. The molecule has 0 saturated heterocycles. The highest BCUT2D eigenvalue weighted by molar-refractivity contribution is 7.12. The van der Waals surface area contributed by atoms with Gasteiger partial charge >= 0.3 is 0 Å². The summed E-state index contributed by atoms with van der Waals surface area (Å²) in [5.74, 6) is 0.418. The molecule has 1 aromatic rings. The van der Waals surface area contributed by atoms with Gasteiger partial charge in [-0.2, -0.15) is 0 Å². The molecule has 58 valence electrons. The van der Waals surface area contributed by atoms with E-state index in [1.807, 2.05) is 11.4 Å². The van der Waals surface area contributed by atoms with Gasteiger partial charge < -0.3 is 5.73 Å². The summed E-state index contributed by atoms with van der Waals surface area (Å²) in [4.78, 5) is 11.4. The van der Waals surface area contributed by atoms with E-state index in [2.05, 4.69) is 0 Å². The number of rotatable bonds is 2. The molecule has 1 aromatic heterocycles. The predicted molar refractivity (Wildman–Crippen MR) is 44.8 cm³/mol. The van der Waals surface area contributed by atoms with Crippen molar-refractivity contribution in [3.63, 3.8) is 0 Å². The second-order valence-corrected chi connectivity index (χ2v) is 3.79. The van der Waals surface area contributed by atoms with Gasteiger partial charge in [-0.25, -0.2) is 0 Å². The molecule has 1 amide bonds. The highest BCUT2D eigenvalue weighted by atomic mass is 32.1. The number of nitrogens with two attached hydrogens (primary N) is 1. The quantitative estimate of drug-likeness (QED) is 0.716. The van der Waals surface area contributed by atoms with Gasteiger partial charge in [0.05, 0.1) is 4.88 Å². The molecule has 0 spiro atoms. The van der Waals surface area contributed by atoms with Gasteiger partial charge in [0.1, 0.15) is 0 Å². The van der Waals surface area contributed by atoms with Gasteiger partial charge in [-0.15, -0.1) is 11.3 Å².